The van der Waals surface area contributed by atoms with Crippen LogP contribution in [0.25, 0.3) is 0 Å². The molecular formula is C15H22N2O4S. The van der Waals surface area contributed by atoms with Crippen LogP contribution < -0.4 is 0 Å². The minimum atomic E-state index is -3.39. The number of likely N-dealkylation sites (tertiary alicyclic amines) is 1. The number of piperidine rings is 1. The van der Waals surface area contributed by atoms with Gasteiger partial charge in [0.05, 0.1) is 10.8 Å². The van der Waals surface area contributed by atoms with Gasteiger partial charge in [-0.2, -0.15) is 0 Å². The Bertz CT molecular complexity index is 617. The van der Waals surface area contributed by atoms with E-state index in [0.717, 1.165) is 18.7 Å². The Balaban J connectivity index is 1.97. The van der Waals surface area contributed by atoms with Gasteiger partial charge >= 0.3 is 5.97 Å². The van der Waals surface area contributed by atoms with Crippen LogP contribution in [-0.4, -0.2) is 55.9 Å². The maximum atomic E-state index is 12.0. The number of benzene rings is 1. The van der Waals surface area contributed by atoms with Crippen molar-refractivity contribution in [3.8, 4) is 0 Å². The molecule has 0 atom stereocenters. The van der Waals surface area contributed by atoms with E-state index in [4.69, 9.17) is 5.11 Å². The highest BCUT2D eigenvalue weighted by molar-refractivity contribution is 7.89. The van der Waals surface area contributed by atoms with Crippen molar-refractivity contribution in [3.05, 3.63) is 29.8 Å². The van der Waals surface area contributed by atoms with E-state index in [1.54, 1.807) is 12.1 Å². The molecule has 1 N–H and O–H groups in total. The third-order valence-electron chi connectivity index (χ3n) is 4.04. The summed E-state index contributed by atoms with van der Waals surface area (Å²) in [5, 5.41) is 8.99. The summed E-state index contributed by atoms with van der Waals surface area (Å²) in [4.78, 5) is 13.4. The Hall–Kier alpha value is -1.44. The molecule has 0 aliphatic carbocycles. The number of carbonyl (C=O) groups is 1. The molecule has 0 spiro atoms. The lowest BCUT2D eigenvalue weighted by Gasteiger charge is -2.30. The van der Waals surface area contributed by atoms with E-state index in [-0.39, 0.29) is 10.8 Å². The Labute approximate surface area is 131 Å². The summed E-state index contributed by atoms with van der Waals surface area (Å²) >= 11 is 0. The number of aliphatic carboxylic acids is 1. The fourth-order valence-electron chi connectivity index (χ4n) is 2.57. The summed E-state index contributed by atoms with van der Waals surface area (Å²) in [5.74, 6) is -0.943. The molecule has 122 valence electrons. The van der Waals surface area contributed by atoms with E-state index in [1.165, 1.54) is 18.4 Å². The standard InChI is InChI=1S/C15H22N2O4S/c1-16(2)22(20,21)14-5-3-12(4-6-14)11-17-9-7-13(8-10-17)15(18)19/h3-6,13H,7-11H2,1-2H3,(H,18,19). The molecule has 1 fully saturated rings. The number of hydrogen-bond acceptors (Lipinski definition) is 4. The monoisotopic (exact) mass is 326 g/mol. The van der Waals surface area contributed by atoms with E-state index in [0.29, 0.717) is 19.4 Å². The Morgan fingerprint density at radius 3 is 2.23 bits per heavy atom. The zero-order valence-electron chi connectivity index (χ0n) is 12.9. The van der Waals surface area contributed by atoms with Crippen LogP contribution in [0.4, 0.5) is 0 Å². The number of nitrogens with zero attached hydrogens (tertiary/aromatic N) is 2. The van der Waals surface area contributed by atoms with Gasteiger partial charge in [0, 0.05) is 20.6 Å². The van der Waals surface area contributed by atoms with E-state index in [2.05, 4.69) is 4.90 Å². The topological polar surface area (TPSA) is 77.9 Å². The molecule has 1 aromatic carbocycles. The summed E-state index contributed by atoms with van der Waals surface area (Å²) in [6, 6.07) is 6.88. The summed E-state index contributed by atoms with van der Waals surface area (Å²) in [7, 11) is -0.370. The smallest absolute Gasteiger partial charge is 0.306 e. The van der Waals surface area contributed by atoms with E-state index >= 15 is 0 Å². The molecule has 1 saturated heterocycles. The van der Waals surface area contributed by atoms with Gasteiger partial charge in [0.25, 0.3) is 0 Å². The van der Waals surface area contributed by atoms with Gasteiger partial charge < -0.3 is 5.11 Å². The van der Waals surface area contributed by atoms with E-state index in [9.17, 15) is 13.2 Å². The van der Waals surface area contributed by atoms with Crippen molar-refractivity contribution in [2.45, 2.75) is 24.3 Å². The highest BCUT2D eigenvalue weighted by atomic mass is 32.2. The van der Waals surface area contributed by atoms with E-state index < -0.39 is 16.0 Å². The van der Waals surface area contributed by atoms with Crippen LogP contribution in [0.1, 0.15) is 18.4 Å². The van der Waals surface area contributed by atoms with Gasteiger partial charge in [0.15, 0.2) is 0 Å². The maximum absolute atomic E-state index is 12.0. The van der Waals surface area contributed by atoms with Crippen molar-refractivity contribution in [2.24, 2.45) is 5.92 Å². The van der Waals surface area contributed by atoms with Crippen molar-refractivity contribution in [2.75, 3.05) is 27.2 Å². The number of hydrogen-bond donors (Lipinski definition) is 1. The van der Waals surface area contributed by atoms with Crippen LogP contribution in [0.3, 0.4) is 0 Å². The molecule has 0 radical (unpaired) electrons. The highest BCUT2D eigenvalue weighted by Crippen LogP contribution is 2.20. The van der Waals surface area contributed by atoms with Crippen molar-refractivity contribution in [1.29, 1.82) is 0 Å². The first kappa shape index (κ1) is 16.9. The molecule has 1 aromatic rings. The maximum Gasteiger partial charge on any atom is 0.306 e. The van der Waals surface area contributed by atoms with Gasteiger partial charge in [-0.3, -0.25) is 9.69 Å². The zero-order valence-corrected chi connectivity index (χ0v) is 13.7. The molecule has 1 heterocycles. The number of carboxylic acid groups (broad SMARTS) is 1. The summed E-state index contributed by atoms with van der Waals surface area (Å²) in [6.07, 6.45) is 1.34. The van der Waals surface area contributed by atoms with Crippen molar-refractivity contribution in [3.63, 3.8) is 0 Å². The predicted molar refractivity (Wildman–Crippen MR) is 83.0 cm³/mol. The lowest BCUT2D eigenvalue weighted by molar-refractivity contribution is -0.143. The molecule has 0 unspecified atom stereocenters. The van der Waals surface area contributed by atoms with Crippen molar-refractivity contribution < 1.29 is 18.3 Å². The Kier molecular flexibility index (Phi) is 5.20. The normalized spacial score (nSPS) is 17.8. The number of rotatable bonds is 5. The molecule has 7 heteroatoms. The SMILES string of the molecule is CN(C)S(=O)(=O)c1ccc(CN2CCC(C(=O)O)CC2)cc1. The van der Waals surface area contributed by atoms with Gasteiger partial charge in [0.2, 0.25) is 10.0 Å². The summed E-state index contributed by atoms with van der Waals surface area (Å²) in [6.45, 7) is 2.23. The second-order valence-electron chi connectivity index (χ2n) is 5.82. The molecule has 1 aliphatic heterocycles. The third kappa shape index (κ3) is 3.85. The van der Waals surface area contributed by atoms with Crippen LogP contribution in [0, 0.1) is 5.92 Å². The van der Waals surface area contributed by atoms with Crippen molar-refractivity contribution in [1.82, 2.24) is 9.21 Å². The van der Waals surface area contributed by atoms with Gasteiger partial charge in [-0.25, -0.2) is 12.7 Å². The fraction of sp³-hybridized carbons (Fsp3) is 0.533. The number of carboxylic acids is 1. The predicted octanol–water partition coefficient (Wildman–Crippen LogP) is 1.23. The zero-order chi connectivity index (χ0) is 16.3. The first-order valence-corrected chi connectivity index (χ1v) is 8.71. The highest BCUT2D eigenvalue weighted by Gasteiger charge is 2.24. The second kappa shape index (κ2) is 6.76. The Morgan fingerprint density at radius 1 is 1.23 bits per heavy atom. The minimum absolute atomic E-state index is 0.233. The third-order valence-corrected chi connectivity index (χ3v) is 5.87. The lowest BCUT2D eigenvalue weighted by Crippen LogP contribution is -2.35. The number of sulfonamides is 1. The molecule has 1 aliphatic rings. The molecule has 0 saturated carbocycles. The average molecular weight is 326 g/mol. The molecule has 0 aromatic heterocycles. The van der Waals surface area contributed by atoms with Crippen molar-refractivity contribution >= 4 is 16.0 Å². The Morgan fingerprint density at radius 2 is 1.77 bits per heavy atom. The van der Waals surface area contributed by atoms with Crippen LogP contribution in [-0.2, 0) is 21.4 Å². The van der Waals surface area contributed by atoms with Crippen LogP contribution in [0.2, 0.25) is 0 Å². The summed E-state index contributed by atoms with van der Waals surface area (Å²) < 4.78 is 25.2. The fourth-order valence-corrected chi connectivity index (χ4v) is 3.48. The van der Waals surface area contributed by atoms with Crippen LogP contribution >= 0.6 is 0 Å². The van der Waals surface area contributed by atoms with Crippen LogP contribution in [0.5, 0.6) is 0 Å². The molecule has 0 amide bonds. The first-order chi connectivity index (χ1) is 10.3. The minimum Gasteiger partial charge on any atom is -0.481 e. The lowest BCUT2D eigenvalue weighted by atomic mass is 9.97. The average Bonchev–Trinajstić information content (AvgIpc) is 2.48. The molecule has 22 heavy (non-hydrogen) atoms. The quantitative estimate of drug-likeness (QED) is 0.880. The summed E-state index contributed by atoms with van der Waals surface area (Å²) in [5.41, 5.74) is 1.03. The molecule has 6 nitrogen and oxygen atoms in total. The second-order valence-corrected chi connectivity index (χ2v) is 7.97. The molecule has 0 bridgehead atoms. The van der Waals surface area contributed by atoms with Gasteiger partial charge in [0.1, 0.15) is 0 Å². The van der Waals surface area contributed by atoms with E-state index in [1.807, 2.05) is 12.1 Å². The largest absolute Gasteiger partial charge is 0.481 e. The van der Waals surface area contributed by atoms with Crippen LogP contribution in [0.15, 0.2) is 29.2 Å². The van der Waals surface area contributed by atoms with Gasteiger partial charge in [-0.05, 0) is 43.6 Å². The molecular weight excluding hydrogens is 304 g/mol. The van der Waals surface area contributed by atoms with Gasteiger partial charge in [-0.1, -0.05) is 12.1 Å². The van der Waals surface area contributed by atoms with Gasteiger partial charge in [-0.15, -0.1) is 0 Å². The molecule has 2 rings (SSSR count). The first-order valence-electron chi connectivity index (χ1n) is 7.27.